The molecule has 20 heavy (non-hydrogen) atoms. The van der Waals surface area contributed by atoms with E-state index in [1.807, 2.05) is 0 Å². The lowest BCUT2D eigenvalue weighted by Gasteiger charge is -2.24. The molecule has 1 aliphatic carbocycles. The molecule has 0 radical (unpaired) electrons. The number of fused-ring (bicyclic) bond motifs is 1. The Morgan fingerprint density at radius 2 is 1.85 bits per heavy atom. The van der Waals surface area contributed by atoms with Crippen LogP contribution < -0.4 is 0 Å². The Hall–Kier alpha value is -1.30. The highest BCUT2D eigenvalue weighted by molar-refractivity contribution is 5.79. The Morgan fingerprint density at radius 1 is 1.20 bits per heavy atom. The Labute approximate surface area is 124 Å². The van der Waals surface area contributed by atoms with E-state index in [4.69, 9.17) is 0 Å². The average Bonchev–Trinajstić information content (AvgIpc) is 2.72. The van der Waals surface area contributed by atoms with Gasteiger partial charge in [0.15, 0.2) is 0 Å². The highest BCUT2D eigenvalue weighted by atomic mass is 14.3. The van der Waals surface area contributed by atoms with Gasteiger partial charge in [0.05, 0.1) is 0 Å². The summed E-state index contributed by atoms with van der Waals surface area (Å²) in [5.74, 6) is 1.40. The zero-order valence-corrected chi connectivity index (χ0v) is 13.9. The third-order valence-corrected chi connectivity index (χ3v) is 5.26. The Bertz CT molecular complexity index is 553. The van der Waals surface area contributed by atoms with E-state index >= 15 is 0 Å². The number of allylic oxidation sites excluding steroid dienone is 4. The van der Waals surface area contributed by atoms with Gasteiger partial charge in [-0.05, 0) is 61.4 Å². The first-order valence-electron chi connectivity index (χ1n) is 8.00. The van der Waals surface area contributed by atoms with Crippen LogP contribution in [0.25, 0.3) is 11.1 Å². The van der Waals surface area contributed by atoms with Crippen molar-refractivity contribution in [1.82, 2.24) is 0 Å². The van der Waals surface area contributed by atoms with E-state index in [9.17, 15) is 0 Å². The van der Waals surface area contributed by atoms with Crippen LogP contribution in [0.4, 0.5) is 0 Å². The molecule has 0 aliphatic heterocycles. The predicted molar refractivity (Wildman–Crippen MR) is 90.8 cm³/mol. The minimum atomic E-state index is 0.629. The summed E-state index contributed by atoms with van der Waals surface area (Å²) in [5.41, 5.74) is 8.88. The second kappa shape index (κ2) is 5.99. The molecule has 0 heterocycles. The summed E-state index contributed by atoms with van der Waals surface area (Å²) < 4.78 is 0. The molecular weight excluding hydrogens is 240 g/mol. The van der Waals surface area contributed by atoms with Crippen LogP contribution in [0.3, 0.4) is 0 Å². The number of hydrogen-bond acceptors (Lipinski definition) is 0. The molecule has 0 aromatic heterocycles. The topological polar surface area (TPSA) is 0 Å². The van der Waals surface area contributed by atoms with E-state index < -0.39 is 0 Å². The summed E-state index contributed by atoms with van der Waals surface area (Å²) in [6.07, 6.45) is 4.73. The molecule has 1 unspecified atom stereocenters. The maximum Gasteiger partial charge on any atom is 0.00856 e. The maximum absolute atomic E-state index is 2.44. The van der Waals surface area contributed by atoms with Gasteiger partial charge in [-0.15, -0.1) is 0 Å². The Kier molecular flexibility index (Phi) is 4.52. The molecule has 0 bridgehead atoms. The largest absolute Gasteiger partial charge is 0.0841 e. The molecule has 0 fully saturated rings. The molecule has 0 amide bonds. The van der Waals surface area contributed by atoms with Crippen molar-refractivity contribution in [2.24, 2.45) is 5.92 Å². The predicted octanol–water partition coefficient (Wildman–Crippen LogP) is 6.44. The van der Waals surface area contributed by atoms with Crippen LogP contribution in [0.15, 0.2) is 29.8 Å². The lowest BCUT2D eigenvalue weighted by molar-refractivity contribution is 0.437. The fraction of sp³-hybridized carbons (Fsp3) is 0.500. The molecule has 1 aromatic carbocycles. The van der Waals surface area contributed by atoms with Crippen LogP contribution in [0.2, 0.25) is 0 Å². The van der Waals surface area contributed by atoms with Crippen molar-refractivity contribution in [1.29, 1.82) is 0 Å². The molecule has 0 N–H and O–H groups in total. The number of rotatable bonds is 4. The van der Waals surface area contributed by atoms with Crippen molar-refractivity contribution in [3.63, 3.8) is 0 Å². The molecule has 0 saturated heterocycles. The molecule has 2 rings (SSSR count). The van der Waals surface area contributed by atoms with Crippen LogP contribution >= 0.6 is 0 Å². The van der Waals surface area contributed by atoms with Gasteiger partial charge >= 0.3 is 0 Å². The summed E-state index contributed by atoms with van der Waals surface area (Å²) in [4.78, 5) is 0. The second-order valence-corrected chi connectivity index (χ2v) is 6.14. The smallest absolute Gasteiger partial charge is 0.00856 e. The average molecular weight is 268 g/mol. The molecule has 1 aliphatic rings. The van der Waals surface area contributed by atoms with E-state index in [0.717, 1.165) is 5.92 Å². The van der Waals surface area contributed by atoms with Gasteiger partial charge in [-0.1, -0.05) is 56.5 Å². The summed E-state index contributed by atoms with van der Waals surface area (Å²) in [6, 6.07) is 7.05. The minimum Gasteiger partial charge on any atom is -0.0841 e. The lowest BCUT2D eigenvalue weighted by Crippen LogP contribution is -2.11. The molecule has 1 aromatic rings. The molecule has 0 spiro atoms. The summed E-state index contributed by atoms with van der Waals surface area (Å²) >= 11 is 0. The van der Waals surface area contributed by atoms with Crippen molar-refractivity contribution < 1.29 is 0 Å². The molecule has 0 saturated carbocycles. The third kappa shape index (κ3) is 2.37. The quantitative estimate of drug-likeness (QED) is 0.589. The molecular formula is C20H28. The minimum absolute atomic E-state index is 0.629. The highest BCUT2D eigenvalue weighted by Gasteiger charge is 2.31. The molecule has 1 atom stereocenters. The Balaban J connectivity index is 2.54. The van der Waals surface area contributed by atoms with Gasteiger partial charge in [0.2, 0.25) is 0 Å². The van der Waals surface area contributed by atoms with E-state index in [0.29, 0.717) is 5.92 Å². The van der Waals surface area contributed by atoms with E-state index in [1.54, 1.807) is 11.1 Å². The van der Waals surface area contributed by atoms with Crippen LogP contribution in [-0.4, -0.2) is 0 Å². The fourth-order valence-electron chi connectivity index (χ4n) is 3.62. The van der Waals surface area contributed by atoms with E-state index in [-0.39, 0.29) is 0 Å². The lowest BCUT2D eigenvalue weighted by atomic mass is 9.80. The highest BCUT2D eigenvalue weighted by Crippen LogP contribution is 2.47. The van der Waals surface area contributed by atoms with Gasteiger partial charge in [-0.25, -0.2) is 0 Å². The SMILES string of the molecule is C/C=C(/C)c1ccc2c(c1)C(C(CC)CC)C(C)=C2C. The van der Waals surface area contributed by atoms with E-state index in [1.165, 1.54) is 35.1 Å². The first-order chi connectivity index (χ1) is 9.54. The van der Waals surface area contributed by atoms with E-state index in [2.05, 4.69) is 65.8 Å². The van der Waals surface area contributed by atoms with Crippen LogP contribution in [0.5, 0.6) is 0 Å². The van der Waals surface area contributed by atoms with Gasteiger partial charge in [-0.2, -0.15) is 0 Å². The van der Waals surface area contributed by atoms with Crippen molar-refractivity contribution in [2.45, 2.75) is 60.3 Å². The number of benzene rings is 1. The molecule has 0 heteroatoms. The standard InChI is InChI=1S/C20H28/c1-7-13(4)17-10-11-18-14(5)15(6)20(19(18)12-17)16(8-2)9-3/h7,10-12,16,20H,8-9H2,1-6H3/b13-7-. The van der Waals surface area contributed by atoms with Gasteiger partial charge < -0.3 is 0 Å². The molecule has 0 nitrogen and oxygen atoms in total. The van der Waals surface area contributed by atoms with Crippen molar-refractivity contribution in [3.05, 3.63) is 46.5 Å². The van der Waals surface area contributed by atoms with Crippen LogP contribution in [0, 0.1) is 5.92 Å². The van der Waals surface area contributed by atoms with Gasteiger partial charge in [0, 0.05) is 5.92 Å². The van der Waals surface area contributed by atoms with Gasteiger partial charge in [-0.3, -0.25) is 0 Å². The monoisotopic (exact) mass is 268 g/mol. The zero-order chi connectivity index (χ0) is 14.9. The summed E-state index contributed by atoms with van der Waals surface area (Å²) in [7, 11) is 0. The number of hydrogen-bond donors (Lipinski definition) is 0. The first-order valence-corrected chi connectivity index (χ1v) is 8.00. The van der Waals surface area contributed by atoms with Gasteiger partial charge in [0.1, 0.15) is 0 Å². The molecule has 108 valence electrons. The van der Waals surface area contributed by atoms with Crippen molar-refractivity contribution in [2.75, 3.05) is 0 Å². The first kappa shape index (κ1) is 15.1. The van der Waals surface area contributed by atoms with Crippen LogP contribution in [-0.2, 0) is 0 Å². The van der Waals surface area contributed by atoms with Crippen molar-refractivity contribution >= 4 is 11.1 Å². The summed E-state index contributed by atoms with van der Waals surface area (Å²) in [6.45, 7) is 13.6. The fourth-order valence-corrected chi connectivity index (χ4v) is 3.62. The third-order valence-electron chi connectivity index (χ3n) is 5.26. The normalized spacial score (nSPS) is 18.9. The summed E-state index contributed by atoms with van der Waals surface area (Å²) in [5, 5.41) is 0. The van der Waals surface area contributed by atoms with Crippen molar-refractivity contribution in [3.8, 4) is 0 Å². The second-order valence-electron chi connectivity index (χ2n) is 6.14. The van der Waals surface area contributed by atoms with Crippen LogP contribution in [0.1, 0.15) is 77.0 Å². The maximum atomic E-state index is 2.44. The van der Waals surface area contributed by atoms with Gasteiger partial charge in [0.25, 0.3) is 0 Å². The zero-order valence-electron chi connectivity index (χ0n) is 13.9. The Morgan fingerprint density at radius 3 is 2.40 bits per heavy atom.